The molecule has 2 heteroatoms. The zero-order chi connectivity index (χ0) is 9.52. The lowest BCUT2D eigenvalue weighted by atomic mass is 10.1. The fourth-order valence-corrected chi connectivity index (χ4v) is 1.89. The topological polar surface area (TPSA) is 12.5 Å². The van der Waals surface area contributed by atoms with Crippen LogP contribution in [0.15, 0.2) is 0 Å². The molecule has 0 aromatic heterocycles. The molecule has 78 valence electrons. The second-order valence-corrected chi connectivity index (χ2v) is 3.99. The lowest BCUT2D eigenvalue weighted by Crippen LogP contribution is -2.42. The van der Waals surface area contributed by atoms with Crippen molar-refractivity contribution in [1.82, 2.24) is 4.90 Å². The summed E-state index contributed by atoms with van der Waals surface area (Å²) in [5.41, 5.74) is 0. The van der Waals surface area contributed by atoms with Crippen LogP contribution in [0.3, 0.4) is 0 Å². The number of hydrogen-bond acceptors (Lipinski definition) is 2. The van der Waals surface area contributed by atoms with Crippen LogP contribution < -0.4 is 0 Å². The second kappa shape index (κ2) is 6.39. The van der Waals surface area contributed by atoms with Crippen molar-refractivity contribution < 1.29 is 4.74 Å². The summed E-state index contributed by atoms with van der Waals surface area (Å²) in [5.74, 6) is 0. The molecule has 2 nitrogen and oxygen atoms in total. The van der Waals surface area contributed by atoms with E-state index in [-0.39, 0.29) is 0 Å². The van der Waals surface area contributed by atoms with Crippen LogP contribution in [-0.4, -0.2) is 37.2 Å². The summed E-state index contributed by atoms with van der Waals surface area (Å²) in [5, 5.41) is 0. The van der Waals surface area contributed by atoms with Gasteiger partial charge in [0.05, 0.1) is 13.2 Å². The van der Waals surface area contributed by atoms with E-state index >= 15 is 0 Å². The first-order valence-electron chi connectivity index (χ1n) is 5.66. The summed E-state index contributed by atoms with van der Waals surface area (Å²) in [4.78, 5) is 2.55. The Labute approximate surface area is 82.3 Å². The van der Waals surface area contributed by atoms with Crippen molar-refractivity contribution in [3.05, 3.63) is 0 Å². The van der Waals surface area contributed by atoms with Crippen molar-refractivity contribution in [3.8, 4) is 0 Å². The second-order valence-electron chi connectivity index (χ2n) is 3.99. The van der Waals surface area contributed by atoms with Gasteiger partial charge in [-0.1, -0.05) is 26.2 Å². The Kier molecular flexibility index (Phi) is 5.40. The average molecular weight is 185 g/mol. The molecule has 0 aromatic rings. The first-order chi connectivity index (χ1) is 6.34. The molecule has 1 saturated heterocycles. The maximum atomic E-state index is 5.33. The fourth-order valence-electron chi connectivity index (χ4n) is 1.89. The molecule has 1 aliphatic heterocycles. The van der Waals surface area contributed by atoms with Crippen molar-refractivity contribution in [2.45, 2.75) is 45.6 Å². The third-order valence-corrected chi connectivity index (χ3v) is 2.89. The first-order valence-corrected chi connectivity index (χ1v) is 5.66. The highest BCUT2D eigenvalue weighted by Crippen LogP contribution is 2.11. The summed E-state index contributed by atoms with van der Waals surface area (Å²) in [6.07, 6.45) is 5.45. The summed E-state index contributed by atoms with van der Waals surface area (Å²) in [7, 11) is 0. The van der Waals surface area contributed by atoms with E-state index in [4.69, 9.17) is 4.74 Å². The van der Waals surface area contributed by atoms with Crippen molar-refractivity contribution in [1.29, 1.82) is 0 Å². The zero-order valence-corrected chi connectivity index (χ0v) is 9.09. The predicted molar refractivity (Wildman–Crippen MR) is 56.0 cm³/mol. The van der Waals surface area contributed by atoms with Gasteiger partial charge in [0, 0.05) is 19.1 Å². The smallest absolute Gasteiger partial charge is 0.0594 e. The molecule has 1 aliphatic rings. The van der Waals surface area contributed by atoms with Gasteiger partial charge in [0.15, 0.2) is 0 Å². The molecule has 0 saturated carbocycles. The van der Waals surface area contributed by atoms with Gasteiger partial charge >= 0.3 is 0 Å². The highest BCUT2D eigenvalue weighted by atomic mass is 16.5. The van der Waals surface area contributed by atoms with Gasteiger partial charge in [-0.3, -0.25) is 4.90 Å². The lowest BCUT2D eigenvalue weighted by molar-refractivity contribution is 0.0182. The van der Waals surface area contributed by atoms with Crippen LogP contribution in [0, 0.1) is 0 Å². The molecule has 1 heterocycles. The van der Waals surface area contributed by atoms with Gasteiger partial charge in [-0.15, -0.1) is 0 Å². The quantitative estimate of drug-likeness (QED) is 0.609. The van der Waals surface area contributed by atoms with Crippen LogP contribution in [0.4, 0.5) is 0 Å². The van der Waals surface area contributed by atoms with Crippen LogP contribution in [0.1, 0.15) is 39.5 Å². The number of hydrogen-bond donors (Lipinski definition) is 0. The summed E-state index contributed by atoms with van der Waals surface area (Å²) < 4.78 is 5.33. The van der Waals surface area contributed by atoms with Gasteiger partial charge in [-0.2, -0.15) is 0 Å². The minimum atomic E-state index is 0.760. The van der Waals surface area contributed by atoms with Gasteiger partial charge in [0.2, 0.25) is 0 Å². The Morgan fingerprint density at radius 1 is 1.23 bits per heavy atom. The predicted octanol–water partition coefficient (Wildman–Crippen LogP) is 2.29. The van der Waals surface area contributed by atoms with E-state index in [1.54, 1.807) is 0 Å². The van der Waals surface area contributed by atoms with Crippen molar-refractivity contribution in [2.24, 2.45) is 0 Å². The monoisotopic (exact) mass is 185 g/mol. The van der Waals surface area contributed by atoms with Gasteiger partial charge < -0.3 is 4.74 Å². The molecule has 0 aromatic carbocycles. The molecule has 1 rings (SSSR count). The van der Waals surface area contributed by atoms with Gasteiger partial charge in [0.1, 0.15) is 0 Å². The van der Waals surface area contributed by atoms with E-state index in [2.05, 4.69) is 18.7 Å². The minimum absolute atomic E-state index is 0.760. The van der Waals surface area contributed by atoms with Crippen molar-refractivity contribution >= 4 is 0 Å². The van der Waals surface area contributed by atoms with Gasteiger partial charge in [-0.05, 0) is 13.3 Å². The van der Waals surface area contributed by atoms with E-state index in [0.29, 0.717) is 0 Å². The Hall–Kier alpha value is -0.0800. The highest BCUT2D eigenvalue weighted by molar-refractivity contribution is 4.69. The van der Waals surface area contributed by atoms with E-state index < -0.39 is 0 Å². The molecule has 0 bridgehead atoms. The lowest BCUT2D eigenvalue weighted by Gasteiger charge is -2.32. The largest absolute Gasteiger partial charge is 0.379 e. The van der Waals surface area contributed by atoms with E-state index in [1.807, 2.05) is 0 Å². The van der Waals surface area contributed by atoms with Gasteiger partial charge in [0.25, 0.3) is 0 Å². The van der Waals surface area contributed by atoms with Gasteiger partial charge in [-0.25, -0.2) is 0 Å². The van der Waals surface area contributed by atoms with E-state index in [9.17, 15) is 0 Å². The standard InChI is InChI=1S/C11H23NO/c1-3-4-5-6-11(2)12-7-9-13-10-8-12/h11H,3-10H2,1-2H3. The third kappa shape index (κ3) is 4.10. The SMILES string of the molecule is CCCCCC(C)N1CCOCC1. The fraction of sp³-hybridized carbons (Fsp3) is 1.00. The molecular formula is C11H23NO. The van der Waals surface area contributed by atoms with Crippen molar-refractivity contribution in [2.75, 3.05) is 26.3 Å². The summed E-state index contributed by atoms with van der Waals surface area (Å²) in [6, 6.07) is 0.760. The Morgan fingerprint density at radius 3 is 2.54 bits per heavy atom. The normalized spacial score (nSPS) is 21.7. The summed E-state index contributed by atoms with van der Waals surface area (Å²) in [6.45, 7) is 8.73. The third-order valence-electron chi connectivity index (χ3n) is 2.89. The number of ether oxygens (including phenoxy) is 1. The maximum Gasteiger partial charge on any atom is 0.0594 e. The number of morpholine rings is 1. The number of rotatable bonds is 5. The Bertz CT molecular complexity index is 121. The molecule has 1 unspecified atom stereocenters. The summed E-state index contributed by atoms with van der Waals surface area (Å²) >= 11 is 0. The molecule has 0 N–H and O–H groups in total. The number of nitrogens with zero attached hydrogens (tertiary/aromatic N) is 1. The molecule has 0 spiro atoms. The number of unbranched alkanes of at least 4 members (excludes halogenated alkanes) is 2. The molecule has 0 amide bonds. The van der Waals surface area contributed by atoms with Crippen LogP contribution in [0.2, 0.25) is 0 Å². The molecule has 13 heavy (non-hydrogen) atoms. The zero-order valence-electron chi connectivity index (χ0n) is 9.09. The first kappa shape index (κ1) is 11.0. The molecule has 0 radical (unpaired) electrons. The molecule has 1 fully saturated rings. The van der Waals surface area contributed by atoms with Crippen LogP contribution in [-0.2, 0) is 4.74 Å². The molecule has 0 aliphatic carbocycles. The minimum Gasteiger partial charge on any atom is -0.379 e. The average Bonchev–Trinajstić information content (AvgIpc) is 2.19. The highest BCUT2D eigenvalue weighted by Gasteiger charge is 2.15. The Morgan fingerprint density at radius 2 is 1.92 bits per heavy atom. The maximum absolute atomic E-state index is 5.33. The molecule has 1 atom stereocenters. The van der Waals surface area contributed by atoms with Crippen LogP contribution in [0.25, 0.3) is 0 Å². The van der Waals surface area contributed by atoms with Crippen molar-refractivity contribution in [3.63, 3.8) is 0 Å². The van der Waals surface area contributed by atoms with E-state index in [1.165, 1.54) is 25.7 Å². The van der Waals surface area contributed by atoms with Crippen LogP contribution in [0.5, 0.6) is 0 Å². The Balaban J connectivity index is 2.09. The van der Waals surface area contributed by atoms with Crippen LogP contribution >= 0.6 is 0 Å². The van der Waals surface area contributed by atoms with E-state index in [0.717, 1.165) is 32.3 Å². The molecular weight excluding hydrogens is 162 g/mol.